The molecule has 0 amide bonds. The van der Waals surface area contributed by atoms with Gasteiger partial charge in [-0.25, -0.2) is 0 Å². The van der Waals surface area contributed by atoms with Crippen molar-refractivity contribution in [3.63, 3.8) is 0 Å². The van der Waals surface area contributed by atoms with E-state index in [0.717, 1.165) is 35.3 Å². The van der Waals surface area contributed by atoms with E-state index in [1.165, 1.54) is 0 Å². The lowest BCUT2D eigenvalue weighted by Gasteiger charge is -2.30. The van der Waals surface area contributed by atoms with Gasteiger partial charge in [-0.1, -0.05) is 54.1 Å². The summed E-state index contributed by atoms with van der Waals surface area (Å²) in [5.41, 5.74) is 5.19. The molecule has 1 aromatic heterocycles. The molecule has 7 heteroatoms. The fraction of sp³-hybridized carbons (Fsp3) is 0.185. The van der Waals surface area contributed by atoms with Crippen molar-refractivity contribution in [1.82, 2.24) is 4.98 Å². The lowest BCUT2D eigenvalue weighted by molar-refractivity contribution is -0.136. The number of morpholine rings is 1. The van der Waals surface area contributed by atoms with Gasteiger partial charge in [0.25, 0.3) is 5.56 Å². The number of aromatic nitrogens is 1. The van der Waals surface area contributed by atoms with Gasteiger partial charge in [-0.15, -0.1) is 0 Å². The number of pyridine rings is 1. The molecule has 0 unspecified atom stereocenters. The minimum Gasteiger partial charge on any atom is -0.481 e. The van der Waals surface area contributed by atoms with E-state index in [4.69, 9.17) is 21.4 Å². The van der Waals surface area contributed by atoms with Gasteiger partial charge in [-0.05, 0) is 40.8 Å². The lowest BCUT2D eigenvalue weighted by Crippen LogP contribution is -2.36. The van der Waals surface area contributed by atoms with Crippen LogP contribution >= 0.6 is 11.6 Å². The number of nitrogens with zero attached hydrogens (tertiary/aromatic N) is 1. The molecule has 4 aromatic rings. The molecule has 34 heavy (non-hydrogen) atoms. The van der Waals surface area contributed by atoms with E-state index in [2.05, 4.69) is 22.0 Å². The molecule has 6 nitrogen and oxygen atoms in total. The van der Waals surface area contributed by atoms with Crippen LogP contribution in [0.1, 0.15) is 5.56 Å². The number of hydrogen-bond acceptors (Lipinski definition) is 4. The third-order valence-electron chi connectivity index (χ3n) is 6.07. The van der Waals surface area contributed by atoms with E-state index >= 15 is 0 Å². The molecule has 1 saturated heterocycles. The number of carbonyl (C=O) groups is 1. The van der Waals surface area contributed by atoms with Crippen molar-refractivity contribution in [2.24, 2.45) is 0 Å². The number of carboxylic acid groups (broad SMARTS) is 1. The van der Waals surface area contributed by atoms with Gasteiger partial charge in [0.2, 0.25) is 0 Å². The van der Waals surface area contributed by atoms with Gasteiger partial charge in [-0.2, -0.15) is 0 Å². The molecule has 0 atom stereocenters. The predicted molar refractivity (Wildman–Crippen MR) is 135 cm³/mol. The van der Waals surface area contributed by atoms with Gasteiger partial charge in [0.1, 0.15) is 0 Å². The Kier molecular flexibility index (Phi) is 6.09. The highest BCUT2D eigenvalue weighted by molar-refractivity contribution is 6.34. The number of halogens is 1. The van der Waals surface area contributed by atoms with Crippen LogP contribution in [0, 0.1) is 0 Å². The van der Waals surface area contributed by atoms with Crippen LogP contribution in [0.15, 0.2) is 71.5 Å². The second-order valence-corrected chi connectivity index (χ2v) is 8.73. The molecule has 172 valence electrons. The second kappa shape index (κ2) is 9.33. The first kappa shape index (κ1) is 22.2. The number of hydrogen-bond donors (Lipinski definition) is 2. The fourth-order valence-electron chi connectivity index (χ4n) is 4.45. The monoisotopic (exact) mass is 474 g/mol. The maximum absolute atomic E-state index is 12.9. The average molecular weight is 475 g/mol. The molecule has 0 radical (unpaired) electrons. The Morgan fingerprint density at radius 2 is 1.74 bits per heavy atom. The highest BCUT2D eigenvalue weighted by Crippen LogP contribution is 2.38. The number of aliphatic carboxylic acids is 1. The molecule has 1 aliphatic heterocycles. The standard InChI is InChI=1S/C27H23ClN2O4/c28-23-16-24-19(14-21(27(33)29-24)18-5-3-4-17(12-18)13-26(31)32)15-22(23)20-6-1-2-7-25(20)30-8-10-34-11-9-30/h1-7,12,14-16H,8-11,13H2,(H,29,33)(H,31,32). The summed E-state index contributed by atoms with van der Waals surface area (Å²) < 4.78 is 5.51. The van der Waals surface area contributed by atoms with E-state index < -0.39 is 5.97 Å². The van der Waals surface area contributed by atoms with Gasteiger partial charge in [0.05, 0.1) is 24.7 Å². The van der Waals surface area contributed by atoms with Crippen molar-refractivity contribution in [3.05, 3.63) is 87.7 Å². The molecular weight excluding hydrogens is 452 g/mol. The summed E-state index contributed by atoms with van der Waals surface area (Å²) >= 11 is 6.71. The minimum atomic E-state index is -0.914. The van der Waals surface area contributed by atoms with Crippen LogP contribution in [0.2, 0.25) is 5.02 Å². The summed E-state index contributed by atoms with van der Waals surface area (Å²) in [6, 6.07) is 20.8. The zero-order valence-electron chi connectivity index (χ0n) is 18.4. The molecule has 0 saturated carbocycles. The summed E-state index contributed by atoms with van der Waals surface area (Å²) in [5.74, 6) is -0.914. The molecule has 0 aliphatic carbocycles. The minimum absolute atomic E-state index is 0.0998. The number of fused-ring (bicyclic) bond motifs is 1. The van der Waals surface area contributed by atoms with Gasteiger partial charge >= 0.3 is 5.97 Å². The summed E-state index contributed by atoms with van der Waals surface area (Å²) in [5, 5.41) is 10.5. The first-order valence-electron chi connectivity index (χ1n) is 11.1. The summed E-state index contributed by atoms with van der Waals surface area (Å²) in [6.07, 6.45) is -0.0998. The Labute approximate surface area is 201 Å². The second-order valence-electron chi connectivity index (χ2n) is 8.32. The number of H-pyrrole nitrogens is 1. The Balaban J connectivity index is 1.62. The average Bonchev–Trinajstić information content (AvgIpc) is 2.84. The molecule has 0 spiro atoms. The lowest BCUT2D eigenvalue weighted by atomic mass is 9.98. The predicted octanol–water partition coefficient (Wildman–Crippen LogP) is 4.98. The van der Waals surface area contributed by atoms with Gasteiger partial charge < -0.3 is 19.7 Å². The SMILES string of the molecule is O=C(O)Cc1cccc(-c2cc3cc(-c4ccccc4N4CCOCC4)c(Cl)cc3[nH]c2=O)c1. The van der Waals surface area contributed by atoms with Crippen LogP contribution in [-0.2, 0) is 16.0 Å². The molecule has 2 heterocycles. The Morgan fingerprint density at radius 3 is 2.53 bits per heavy atom. The molecule has 5 rings (SSSR count). The molecular formula is C27H23ClN2O4. The number of nitrogens with one attached hydrogen (secondary N) is 1. The topological polar surface area (TPSA) is 82.6 Å². The van der Waals surface area contributed by atoms with Crippen molar-refractivity contribution in [3.8, 4) is 22.3 Å². The van der Waals surface area contributed by atoms with Crippen molar-refractivity contribution in [2.45, 2.75) is 6.42 Å². The number of carboxylic acids is 1. The van der Waals surface area contributed by atoms with Crippen molar-refractivity contribution < 1.29 is 14.6 Å². The van der Waals surface area contributed by atoms with Crippen molar-refractivity contribution in [1.29, 1.82) is 0 Å². The molecule has 1 aliphatic rings. The van der Waals surface area contributed by atoms with Crippen molar-refractivity contribution >= 4 is 34.2 Å². The smallest absolute Gasteiger partial charge is 0.307 e. The number of aromatic amines is 1. The first-order valence-corrected chi connectivity index (χ1v) is 11.5. The quantitative estimate of drug-likeness (QED) is 0.426. The zero-order chi connectivity index (χ0) is 23.7. The fourth-order valence-corrected chi connectivity index (χ4v) is 4.72. The number of anilines is 1. The normalized spacial score (nSPS) is 13.9. The third-order valence-corrected chi connectivity index (χ3v) is 6.38. The van der Waals surface area contributed by atoms with Gasteiger partial charge in [-0.3, -0.25) is 9.59 Å². The molecule has 0 bridgehead atoms. The summed E-state index contributed by atoms with van der Waals surface area (Å²) in [6.45, 7) is 3.00. The van der Waals surface area contributed by atoms with Crippen LogP contribution < -0.4 is 10.5 Å². The number of ether oxygens (including phenoxy) is 1. The van der Waals surface area contributed by atoms with Crippen LogP contribution in [0.25, 0.3) is 33.2 Å². The Morgan fingerprint density at radius 1 is 0.971 bits per heavy atom. The number of para-hydroxylation sites is 1. The summed E-state index contributed by atoms with van der Waals surface area (Å²) in [4.78, 5) is 29.2. The third kappa shape index (κ3) is 4.42. The van der Waals surface area contributed by atoms with E-state index in [0.29, 0.717) is 40.4 Å². The maximum Gasteiger partial charge on any atom is 0.307 e. The van der Waals surface area contributed by atoms with Crippen LogP contribution in [0.4, 0.5) is 5.69 Å². The largest absolute Gasteiger partial charge is 0.481 e. The van der Waals surface area contributed by atoms with Crippen LogP contribution in [0.5, 0.6) is 0 Å². The molecule has 1 fully saturated rings. The van der Waals surface area contributed by atoms with Gasteiger partial charge in [0, 0.05) is 41.0 Å². The highest BCUT2D eigenvalue weighted by Gasteiger charge is 2.18. The van der Waals surface area contributed by atoms with Crippen LogP contribution in [-0.4, -0.2) is 42.4 Å². The number of benzene rings is 3. The first-order chi connectivity index (χ1) is 16.5. The van der Waals surface area contributed by atoms with Crippen LogP contribution in [0.3, 0.4) is 0 Å². The maximum atomic E-state index is 12.9. The molecule has 3 aromatic carbocycles. The number of rotatable bonds is 5. The van der Waals surface area contributed by atoms with Crippen molar-refractivity contribution in [2.75, 3.05) is 31.2 Å². The zero-order valence-corrected chi connectivity index (χ0v) is 19.1. The van der Waals surface area contributed by atoms with E-state index in [1.54, 1.807) is 24.3 Å². The van der Waals surface area contributed by atoms with E-state index in [1.807, 2.05) is 30.3 Å². The highest BCUT2D eigenvalue weighted by atomic mass is 35.5. The Hall–Kier alpha value is -3.61. The van der Waals surface area contributed by atoms with E-state index in [9.17, 15) is 9.59 Å². The van der Waals surface area contributed by atoms with E-state index in [-0.39, 0.29) is 12.0 Å². The Bertz CT molecular complexity index is 1440. The van der Waals surface area contributed by atoms with Gasteiger partial charge in [0.15, 0.2) is 0 Å². The molecule has 2 N–H and O–H groups in total. The summed E-state index contributed by atoms with van der Waals surface area (Å²) in [7, 11) is 0.